The third-order valence-corrected chi connectivity index (χ3v) is 1.43. The molecule has 0 aromatic heterocycles. The van der Waals surface area contributed by atoms with E-state index < -0.39 is 11.8 Å². The molecule has 0 atom stereocenters. The molecule has 0 rings (SSSR count). The van der Waals surface area contributed by atoms with E-state index in [1.54, 1.807) is 6.08 Å². The van der Waals surface area contributed by atoms with E-state index in [9.17, 15) is 9.59 Å². The fraction of sp³-hybridized carbons (Fsp3) is 0.556. The number of carbonyl (C=O) groups is 2. The van der Waals surface area contributed by atoms with Gasteiger partial charge in [0, 0.05) is 6.42 Å². The normalized spacial score (nSPS) is 10.4. The third kappa shape index (κ3) is 5.65. The van der Waals surface area contributed by atoms with E-state index in [0.29, 0.717) is 0 Å². The number of hydrogen-bond donors (Lipinski definition) is 1. The second kappa shape index (κ2) is 6.58. The Hall–Kier alpha value is -1.12. The summed E-state index contributed by atoms with van der Waals surface area (Å²) in [6.07, 6.45) is 6.59. The van der Waals surface area contributed by atoms with Crippen LogP contribution in [0.3, 0.4) is 0 Å². The summed E-state index contributed by atoms with van der Waals surface area (Å²) in [6.45, 7) is 2.08. The van der Waals surface area contributed by atoms with E-state index in [0.717, 1.165) is 19.3 Å². The molecule has 0 unspecified atom stereocenters. The highest BCUT2D eigenvalue weighted by Gasteiger charge is 2.07. The van der Waals surface area contributed by atoms with Crippen molar-refractivity contribution in [2.75, 3.05) is 0 Å². The molecule has 0 saturated heterocycles. The van der Waals surface area contributed by atoms with Gasteiger partial charge in [-0.3, -0.25) is 4.79 Å². The molecule has 0 aliphatic rings. The minimum atomic E-state index is -1.35. The lowest BCUT2D eigenvalue weighted by Crippen LogP contribution is -2.10. The number of ketones is 1. The molecule has 1 N–H and O–H groups in total. The zero-order chi connectivity index (χ0) is 9.40. The number of carboxylic acid groups (broad SMARTS) is 1. The van der Waals surface area contributed by atoms with Crippen molar-refractivity contribution in [1.29, 1.82) is 0 Å². The molecule has 0 radical (unpaired) electrons. The Labute approximate surface area is 72.1 Å². The molecular weight excluding hydrogens is 156 g/mol. The third-order valence-electron chi connectivity index (χ3n) is 1.43. The zero-order valence-corrected chi connectivity index (χ0v) is 7.25. The molecule has 0 saturated carbocycles. The predicted octanol–water partition coefficient (Wildman–Crippen LogP) is 1.78. The maximum atomic E-state index is 10.5. The van der Waals surface area contributed by atoms with E-state index in [2.05, 4.69) is 6.92 Å². The van der Waals surface area contributed by atoms with Gasteiger partial charge in [-0.05, 0) is 6.42 Å². The van der Waals surface area contributed by atoms with Crippen LogP contribution in [0.15, 0.2) is 12.2 Å². The van der Waals surface area contributed by atoms with Crippen LogP contribution in [0.5, 0.6) is 0 Å². The molecule has 12 heavy (non-hydrogen) atoms. The molecule has 0 aromatic carbocycles. The molecule has 0 bridgehead atoms. The topological polar surface area (TPSA) is 54.4 Å². The van der Waals surface area contributed by atoms with Gasteiger partial charge in [-0.2, -0.15) is 0 Å². The minimum absolute atomic E-state index is 0.0129. The van der Waals surface area contributed by atoms with Crippen LogP contribution in [0.4, 0.5) is 0 Å². The minimum Gasteiger partial charge on any atom is -0.475 e. The summed E-state index contributed by atoms with van der Waals surface area (Å²) in [5.74, 6) is -2.10. The van der Waals surface area contributed by atoms with Crippen molar-refractivity contribution >= 4 is 11.8 Å². The highest BCUT2D eigenvalue weighted by molar-refractivity contribution is 6.33. The zero-order valence-electron chi connectivity index (χ0n) is 7.25. The smallest absolute Gasteiger partial charge is 0.372 e. The average molecular weight is 170 g/mol. The Morgan fingerprint density at radius 1 is 1.33 bits per heavy atom. The van der Waals surface area contributed by atoms with Gasteiger partial charge in [0.25, 0.3) is 0 Å². The van der Waals surface area contributed by atoms with Crippen molar-refractivity contribution in [2.24, 2.45) is 0 Å². The molecule has 0 spiro atoms. The molecule has 0 aliphatic heterocycles. The molecule has 0 heterocycles. The first kappa shape index (κ1) is 10.9. The van der Waals surface area contributed by atoms with Gasteiger partial charge in [0.2, 0.25) is 5.78 Å². The highest BCUT2D eigenvalue weighted by atomic mass is 16.4. The Balaban J connectivity index is 3.47. The number of unbranched alkanes of at least 4 members (excludes halogenated alkanes) is 2. The van der Waals surface area contributed by atoms with Gasteiger partial charge in [-0.15, -0.1) is 0 Å². The standard InChI is InChI=1S/C9H14O3/c1-2-3-4-5-6-7-8(10)9(11)12/h5-6H,2-4,7H2,1H3,(H,11,12). The maximum Gasteiger partial charge on any atom is 0.372 e. The van der Waals surface area contributed by atoms with Crippen molar-refractivity contribution in [3.05, 3.63) is 12.2 Å². The number of Topliss-reactive ketones (excluding diaryl/α,β-unsaturated/α-hetero) is 1. The fourth-order valence-corrected chi connectivity index (χ4v) is 0.718. The summed E-state index contributed by atoms with van der Waals surface area (Å²) in [5, 5.41) is 8.20. The van der Waals surface area contributed by atoms with Gasteiger partial charge < -0.3 is 5.11 Å². The molecule has 0 aliphatic carbocycles. The first-order valence-electron chi connectivity index (χ1n) is 4.09. The van der Waals surface area contributed by atoms with Crippen molar-refractivity contribution in [3.63, 3.8) is 0 Å². The fourth-order valence-electron chi connectivity index (χ4n) is 0.718. The lowest BCUT2D eigenvalue weighted by Gasteiger charge is -1.88. The predicted molar refractivity (Wildman–Crippen MR) is 45.9 cm³/mol. The number of rotatable bonds is 6. The second-order valence-electron chi connectivity index (χ2n) is 2.55. The van der Waals surface area contributed by atoms with Crippen LogP contribution in [0.1, 0.15) is 32.6 Å². The molecule has 0 amide bonds. The monoisotopic (exact) mass is 170 g/mol. The highest BCUT2D eigenvalue weighted by Crippen LogP contribution is 1.96. The number of aliphatic carboxylic acids is 1. The number of hydrogen-bond acceptors (Lipinski definition) is 2. The van der Waals surface area contributed by atoms with E-state index >= 15 is 0 Å². The van der Waals surface area contributed by atoms with Gasteiger partial charge in [-0.25, -0.2) is 4.79 Å². The van der Waals surface area contributed by atoms with Crippen LogP contribution in [0.25, 0.3) is 0 Å². The van der Waals surface area contributed by atoms with Crippen LogP contribution in [0.2, 0.25) is 0 Å². The maximum absolute atomic E-state index is 10.5. The number of carbonyl (C=O) groups excluding carboxylic acids is 1. The van der Waals surface area contributed by atoms with Gasteiger partial charge in [0.15, 0.2) is 0 Å². The van der Waals surface area contributed by atoms with E-state index in [4.69, 9.17) is 5.11 Å². The molecule has 0 aromatic rings. The molecule has 68 valence electrons. The van der Waals surface area contributed by atoms with Crippen LogP contribution < -0.4 is 0 Å². The molecule has 3 nitrogen and oxygen atoms in total. The van der Waals surface area contributed by atoms with Crippen molar-refractivity contribution < 1.29 is 14.7 Å². The van der Waals surface area contributed by atoms with E-state index in [1.165, 1.54) is 0 Å². The summed E-state index contributed by atoms with van der Waals surface area (Å²) < 4.78 is 0. The number of carboxylic acids is 1. The van der Waals surface area contributed by atoms with Crippen LogP contribution >= 0.6 is 0 Å². The Bertz CT molecular complexity index is 182. The largest absolute Gasteiger partial charge is 0.475 e. The molecular formula is C9H14O3. The van der Waals surface area contributed by atoms with Crippen molar-refractivity contribution in [1.82, 2.24) is 0 Å². The number of allylic oxidation sites excluding steroid dienone is 2. The van der Waals surface area contributed by atoms with E-state index in [-0.39, 0.29) is 6.42 Å². The van der Waals surface area contributed by atoms with Gasteiger partial charge >= 0.3 is 5.97 Å². The molecule has 3 heteroatoms. The quantitative estimate of drug-likeness (QED) is 0.375. The van der Waals surface area contributed by atoms with Crippen LogP contribution in [0, 0.1) is 0 Å². The van der Waals surface area contributed by atoms with Gasteiger partial charge in [-0.1, -0.05) is 31.9 Å². The summed E-state index contributed by atoms with van der Waals surface area (Å²) in [5.41, 5.74) is 0. The Kier molecular flexibility index (Phi) is 5.97. The van der Waals surface area contributed by atoms with Crippen molar-refractivity contribution in [3.8, 4) is 0 Å². The van der Waals surface area contributed by atoms with Gasteiger partial charge in [0.05, 0.1) is 0 Å². The summed E-state index contributed by atoms with van der Waals surface area (Å²) >= 11 is 0. The second-order valence-corrected chi connectivity index (χ2v) is 2.55. The lowest BCUT2D eigenvalue weighted by molar-refractivity contribution is -0.148. The van der Waals surface area contributed by atoms with Gasteiger partial charge in [0.1, 0.15) is 0 Å². The van der Waals surface area contributed by atoms with E-state index in [1.807, 2.05) is 6.08 Å². The summed E-state index contributed by atoms with van der Waals surface area (Å²) in [7, 11) is 0. The summed E-state index contributed by atoms with van der Waals surface area (Å²) in [6, 6.07) is 0. The molecule has 0 fully saturated rings. The Morgan fingerprint density at radius 2 is 2.00 bits per heavy atom. The first-order valence-corrected chi connectivity index (χ1v) is 4.09. The van der Waals surface area contributed by atoms with Crippen LogP contribution in [-0.2, 0) is 9.59 Å². The lowest BCUT2D eigenvalue weighted by atomic mass is 10.2. The SMILES string of the molecule is CCCCC=CCC(=O)C(=O)O. The Morgan fingerprint density at radius 3 is 2.50 bits per heavy atom. The van der Waals surface area contributed by atoms with Crippen LogP contribution in [-0.4, -0.2) is 16.9 Å². The first-order chi connectivity index (χ1) is 5.68. The summed E-state index contributed by atoms with van der Waals surface area (Å²) in [4.78, 5) is 20.6. The van der Waals surface area contributed by atoms with Crippen molar-refractivity contribution in [2.45, 2.75) is 32.6 Å². The average Bonchev–Trinajstić information content (AvgIpc) is 2.03.